The van der Waals surface area contributed by atoms with E-state index in [1.165, 1.54) is 32.0 Å². The number of nitrogens with zero attached hydrogens (tertiary/aromatic N) is 5. The van der Waals surface area contributed by atoms with Crippen LogP contribution in [0.4, 0.5) is 17.1 Å². The van der Waals surface area contributed by atoms with Crippen molar-refractivity contribution in [2.24, 2.45) is 0 Å². The maximum atomic E-state index is 5.13. The van der Waals surface area contributed by atoms with Gasteiger partial charge in [-0.3, -0.25) is 4.98 Å². The van der Waals surface area contributed by atoms with E-state index in [0.717, 1.165) is 61.7 Å². The van der Waals surface area contributed by atoms with Gasteiger partial charge >= 0.3 is 0 Å². The van der Waals surface area contributed by atoms with Crippen molar-refractivity contribution >= 4 is 45.8 Å². The zero-order valence-corrected chi connectivity index (χ0v) is 34.9. The van der Waals surface area contributed by atoms with Gasteiger partial charge in [-0.25, -0.2) is 15.0 Å². The summed E-state index contributed by atoms with van der Waals surface area (Å²) in [5, 5.41) is 4.49. The standard InChI is InChI=1S/C55H35N5S2/c1-2-35-15-28-44-49(34-35)60(48-14-7-6-12-43(48)55(44)45-29-32-61-50(45)51-46(55)30-33-62-51)42-26-24-41(25-27-42)54-58-52(39-20-16-37(17-21-39)36-10-4-3-5-11-36)57-53(59-54)40-22-18-38(19-23-40)47-13-8-9-31-56-47/h2-34H,1H2. The normalized spacial score (nSPS) is 13.0. The van der Waals surface area contributed by atoms with Crippen molar-refractivity contribution in [3.63, 3.8) is 0 Å². The fourth-order valence-electron chi connectivity index (χ4n) is 9.29. The van der Waals surface area contributed by atoms with E-state index in [4.69, 9.17) is 15.0 Å². The highest BCUT2D eigenvalue weighted by Crippen LogP contribution is 2.65. The number of aromatic nitrogens is 4. The number of hydrogen-bond acceptors (Lipinski definition) is 7. The molecule has 292 valence electrons. The fourth-order valence-corrected chi connectivity index (χ4v) is 11.4. The number of para-hydroxylation sites is 1. The van der Waals surface area contributed by atoms with Crippen molar-refractivity contribution in [2.45, 2.75) is 5.41 Å². The van der Waals surface area contributed by atoms with Crippen LogP contribution in [0.3, 0.4) is 0 Å². The highest BCUT2D eigenvalue weighted by atomic mass is 32.1. The molecule has 5 heterocycles. The lowest BCUT2D eigenvalue weighted by Gasteiger charge is -2.44. The van der Waals surface area contributed by atoms with Crippen LogP contribution in [0.2, 0.25) is 0 Å². The summed E-state index contributed by atoms with van der Waals surface area (Å²) in [7, 11) is 0. The second kappa shape index (κ2) is 14.6. The summed E-state index contributed by atoms with van der Waals surface area (Å²) in [6.45, 7) is 4.17. The van der Waals surface area contributed by atoms with Crippen LogP contribution >= 0.6 is 22.7 Å². The summed E-state index contributed by atoms with van der Waals surface area (Å²) >= 11 is 3.68. The molecule has 0 unspecified atom stereocenters. The van der Waals surface area contributed by atoms with Gasteiger partial charge in [-0.15, -0.1) is 22.7 Å². The minimum absolute atomic E-state index is 0.417. The number of hydrogen-bond donors (Lipinski definition) is 0. The molecule has 4 aromatic heterocycles. The molecule has 0 amide bonds. The first-order chi connectivity index (χ1) is 30.7. The molecular weight excluding hydrogens is 795 g/mol. The molecule has 12 rings (SSSR count). The Morgan fingerprint density at radius 2 is 0.984 bits per heavy atom. The predicted octanol–water partition coefficient (Wildman–Crippen LogP) is 14.5. The number of fused-ring (bicyclic) bond motifs is 9. The van der Waals surface area contributed by atoms with Crippen molar-refractivity contribution < 1.29 is 0 Å². The first kappa shape index (κ1) is 36.3. The van der Waals surface area contributed by atoms with E-state index in [1.54, 1.807) is 0 Å². The molecule has 1 spiro atoms. The summed E-state index contributed by atoms with van der Waals surface area (Å²) < 4.78 is 0. The maximum Gasteiger partial charge on any atom is 0.164 e. The highest BCUT2D eigenvalue weighted by molar-refractivity contribution is 7.21. The molecule has 10 aromatic rings. The monoisotopic (exact) mass is 829 g/mol. The number of thiophene rings is 2. The average molecular weight is 830 g/mol. The van der Waals surface area contributed by atoms with Crippen molar-refractivity contribution in [1.29, 1.82) is 0 Å². The molecule has 62 heavy (non-hydrogen) atoms. The van der Waals surface area contributed by atoms with Crippen LogP contribution in [-0.4, -0.2) is 19.9 Å². The molecule has 0 atom stereocenters. The van der Waals surface area contributed by atoms with Gasteiger partial charge in [0.25, 0.3) is 0 Å². The van der Waals surface area contributed by atoms with E-state index in [0.29, 0.717) is 17.5 Å². The van der Waals surface area contributed by atoms with Crippen LogP contribution in [0.1, 0.15) is 27.8 Å². The zero-order valence-electron chi connectivity index (χ0n) is 33.3. The number of rotatable bonds is 7. The average Bonchev–Trinajstić information content (AvgIpc) is 4.09. The molecular formula is C55H35N5S2. The number of anilines is 3. The third-order valence-corrected chi connectivity index (χ3v) is 14.2. The van der Waals surface area contributed by atoms with Gasteiger partial charge in [-0.1, -0.05) is 128 Å². The molecule has 5 nitrogen and oxygen atoms in total. The molecule has 0 radical (unpaired) electrons. The van der Waals surface area contributed by atoms with Crippen LogP contribution in [0.25, 0.3) is 72.4 Å². The lowest BCUT2D eigenvalue weighted by Crippen LogP contribution is -2.35. The highest BCUT2D eigenvalue weighted by Gasteiger charge is 2.52. The minimum Gasteiger partial charge on any atom is -0.310 e. The third-order valence-electron chi connectivity index (χ3n) is 12.2. The second-order valence-corrected chi connectivity index (χ2v) is 17.3. The van der Waals surface area contributed by atoms with E-state index in [9.17, 15) is 0 Å². The molecule has 0 saturated heterocycles. The Morgan fingerprint density at radius 1 is 0.452 bits per heavy atom. The molecule has 0 fully saturated rings. The summed E-state index contributed by atoms with van der Waals surface area (Å²) in [5.74, 6) is 1.82. The smallest absolute Gasteiger partial charge is 0.164 e. The van der Waals surface area contributed by atoms with E-state index in [2.05, 4.69) is 179 Å². The largest absolute Gasteiger partial charge is 0.310 e. The van der Waals surface area contributed by atoms with Crippen LogP contribution in [-0.2, 0) is 5.41 Å². The van der Waals surface area contributed by atoms with Crippen molar-refractivity contribution in [2.75, 3.05) is 4.90 Å². The second-order valence-electron chi connectivity index (χ2n) is 15.5. The molecule has 0 N–H and O–H groups in total. The third kappa shape index (κ3) is 5.66. The van der Waals surface area contributed by atoms with Gasteiger partial charge in [0.15, 0.2) is 17.5 Å². The molecule has 0 saturated carbocycles. The van der Waals surface area contributed by atoms with E-state index in [1.807, 2.05) is 59.2 Å². The van der Waals surface area contributed by atoms with Gasteiger partial charge in [0.2, 0.25) is 0 Å². The Kier molecular flexibility index (Phi) is 8.52. The Hall–Kier alpha value is -7.58. The molecule has 2 aliphatic rings. The lowest BCUT2D eigenvalue weighted by molar-refractivity contribution is 0.756. The first-order valence-corrected chi connectivity index (χ1v) is 22.3. The maximum absolute atomic E-state index is 5.13. The van der Waals surface area contributed by atoms with Gasteiger partial charge in [-0.2, -0.15) is 0 Å². The van der Waals surface area contributed by atoms with Gasteiger partial charge < -0.3 is 4.90 Å². The fraction of sp³-hybridized carbons (Fsp3) is 0.0182. The number of benzene rings is 6. The Labute approximate surface area is 367 Å². The summed E-state index contributed by atoms with van der Waals surface area (Å²) in [6.07, 6.45) is 3.75. The van der Waals surface area contributed by atoms with Gasteiger partial charge in [0.1, 0.15) is 0 Å². The first-order valence-electron chi connectivity index (χ1n) is 20.5. The summed E-state index contributed by atoms with van der Waals surface area (Å²) in [5.41, 5.74) is 16.2. The predicted molar refractivity (Wildman–Crippen MR) is 256 cm³/mol. The molecule has 1 aliphatic carbocycles. The SMILES string of the molecule is C=Cc1ccc2c(c1)N(c1ccc(-c3nc(-c4ccc(-c5ccccc5)cc4)nc(-c4ccc(-c5ccccn5)cc4)n3)cc1)c1ccccc1C21c2ccsc2-c2sccc21. The Morgan fingerprint density at radius 3 is 1.60 bits per heavy atom. The topological polar surface area (TPSA) is 54.8 Å². The Balaban J connectivity index is 0.974. The van der Waals surface area contributed by atoms with Crippen molar-refractivity contribution in [3.05, 3.63) is 227 Å². The summed E-state index contributed by atoms with van der Waals surface area (Å²) in [6, 6.07) is 62.1. The lowest BCUT2D eigenvalue weighted by atomic mass is 9.65. The van der Waals surface area contributed by atoms with Crippen LogP contribution in [0.5, 0.6) is 0 Å². The van der Waals surface area contributed by atoms with Crippen LogP contribution in [0.15, 0.2) is 199 Å². The van der Waals surface area contributed by atoms with Gasteiger partial charge in [-0.05, 0) is 110 Å². The molecule has 0 bridgehead atoms. The number of pyridine rings is 1. The molecule has 7 heteroatoms. The zero-order chi connectivity index (χ0) is 41.2. The van der Waals surface area contributed by atoms with E-state index >= 15 is 0 Å². The molecule has 1 aliphatic heterocycles. The van der Waals surface area contributed by atoms with Crippen LogP contribution in [0, 0.1) is 0 Å². The van der Waals surface area contributed by atoms with Crippen molar-refractivity contribution in [3.8, 4) is 66.3 Å². The van der Waals surface area contributed by atoms with Gasteiger partial charge in [0.05, 0.1) is 22.5 Å². The summed E-state index contributed by atoms with van der Waals surface area (Å²) in [4.78, 5) is 25.0. The van der Waals surface area contributed by atoms with Gasteiger partial charge in [0, 0.05) is 43.9 Å². The molecule has 6 aromatic carbocycles. The minimum atomic E-state index is -0.417. The van der Waals surface area contributed by atoms with Crippen molar-refractivity contribution in [1.82, 2.24) is 19.9 Å². The van der Waals surface area contributed by atoms with Crippen LogP contribution < -0.4 is 4.90 Å². The Bertz CT molecular complexity index is 3160. The van der Waals surface area contributed by atoms with E-state index < -0.39 is 5.41 Å². The quantitative estimate of drug-likeness (QED) is 0.160. The van der Waals surface area contributed by atoms with E-state index in [-0.39, 0.29) is 0 Å².